The van der Waals surface area contributed by atoms with Crippen molar-refractivity contribution >= 4 is 17.4 Å². The molecule has 2 rings (SSSR count). The molecule has 1 aliphatic carbocycles. The number of nitrogens with zero attached hydrogens (tertiary/aromatic N) is 1. The molecule has 3 N–H and O–H groups in total. The first-order chi connectivity index (χ1) is 9.56. The fourth-order valence-electron chi connectivity index (χ4n) is 2.31. The highest BCUT2D eigenvalue weighted by atomic mass is 16.6. The summed E-state index contributed by atoms with van der Waals surface area (Å²) in [6, 6.07) is 5.00. The normalized spacial score (nSPS) is 22.1. The van der Waals surface area contributed by atoms with Crippen LogP contribution in [0, 0.1) is 10.1 Å². The van der Waals surface area contributed by atoms with Crippen LogP contribution in [0.3, 0.4) is 0 Å². The molecule has 0 aromatic heterocycles. The molecule has 7 nitrogen and oxygen atoms in total. The van der Waals surface area contributed by atoms with E-state index in [1.807, 2.05) is 0 Å². The van der Waals surface area contributed by atoms with Gasteiger partial charge in [-0.15, -0.1) is 0 Å². The van der Waals surface area contributed by atoms with Gasteiger partial charge >= 0.3 is 6.03 Å². The van der Waals surface area contributed by atoms with E-state index in [1.54, 1.807) is 6.07 Å². The van der Waals surface area contributed by atoms with Crippen molar-refractivity contribution in [1.82, 2.24) is 5.32 Å². The summed E-state index contributed by atoms with van der Waals surface area (Å²) >= 11 is 0. The highest BCUT2D eigenvalue weighted by Gasteiger charge is 2.24. The van der Waals surface area contributed by atoms with Crippen molar-refractivity contribution in [3.05, 3.63) is 34.4 Å². The van der Waals surface area contributed by atoms with E-state index in [1.165, 1.54) is 18.2 Å². The number of nitro benzene ring substituents is 1. The number of nitro groups is 1. The Morgan fingerprint density at radius 2 is 2.10 bits per heavy atom. The third-order valence-corrected chi connectivity index (χ3v) is 3.36. The third kappa shape index (κ3) is 3.67. The maximum atomic E-state index is 11.8. The van der Waals surface area contributed by atoms with Gasteiger partial charge in [0, 0.05) is 17.8 Å². The topological polar surface area (TPSA) is 104 Å². The van der Waals surface area contributed by atoms with Crippen LogP contribution >= 0.6 is 0 Å². The van der Waals surface area contributed by atoms with Gasteiger partial charge in [0.1, 0.15) is 0 Å². The SMILES string of the molecule is O=C(Nc1cccc([N+](=O)[O-])c1)NC1CCCCC1O. The number of non-ortho nitro benzene ring substituents is 1. The molecule has 0 aliphatic heterocycles. The molecule has 1 saturated carbocycles. The summed E-state index contributed by atoms with van der Waals surface area (Å²) in [5, 5.41) is 25.6. The van der Waals surface area contributed by atoms with E-state index < -0.39 is 17.1 Å². The predicted molar refractivity (Wildman–Crippen MR) is 73.5 cm³/mol. The van der Waals surface area contributed by atoms with E-state index in [4.69, 9.17) is 0 Å². The second kappa shape index (κ2) is 6.33. The van der Waals surface area contributed by atoms with Gasteiger partial charge in [0.15, 0.2) is 0 Å². The van der Waals surface area contributed by atoms with E-state index in [9.17, 15) is 20.0 Å². The summed E-state index contributed by atoms with van der Waals surface area (Å²) in [6.07, 6.45) is 2.83. The maximum Gasteiger partial charge on any atom is 0.319 e. The number of hydrogen-bond acceptors (Lipinski definition) is 4. The molecule has 1 aliphatic rings. The molecule has 1 aromatic rings. The lowest BCUT2D eigenvalue weighted by atomic mass is 9.93. The quantitative estimate of drug-likeness (QED) is 0.581. The minimum atomic E-state index is -0.528. The monoisotopic (exact) mass is 279 g/mol. The molecule has 2 amide bonds. The van der Waals surface area contributed by atoms with Crippen molar-refractivity contribution in [3.8, 4) is 0 Å². The van der Waals surface area contributed by atoms with Crippen LogP contribution < -0.4 is 10.6 Å². The standard InChI is InChI=1S/C13H17N3O4/c17-12-7-2-1-6-11(12)15-13(18)14-9-4-3-5-10(8-9)16(19)20/h3-5,8,11-12,17H,1-2,6-7H2,(H2,14,15,18). The van der Waals surface area contributed by atoms with Crippen LogP contribution in [0.2, 0.25) is 0 Å². The molecule has 2 atom stereocenters. The van der Waals surface area contributed by atoms with Crippen molar-refractivity contribution in [2.45, 2.75) is 37.8 Å². The van der Waals surface area contributed by atoms with Crippen LogP contribution in [0.25, 0.3) is 0 Å². The molecule has 2 unspecified atom stereocenters. The number of hydrogen-bond donors (Lipinski definition) is 3. The van der Waals surface area contributed by atoms with Crippen LogP contribution in [0.1, 0.15) is 25.7 Å². The number of carbonyl (C=O) groups is 1. The average molecular weight is 279 g/mol. The molecular weight excluding hydrogens is 262 g/mol. The average Bonchev–Trinajstić information content (AvgIpc) is 2.41. The number of benzene rings is 1. The molecule has 0 saturated heterocycles. The minimum Gasteiger partial charge on any atom is -0.391 e. The number of nitrogens with one attached hydrogen (secondary N) is 2. The van der Waals surface area contributed by atoms with E-state index in [-0.39, 0.29) is 11.7 Å². The zero-order valence-electron chi connectivity index (χ0n) is 10.9. The lowest BCUT2D eigenvalue weighted by molar-refractivity contribution is -0.384. The van der Waals surface area contributed by atoms with Gasteiger partial charge in [-0.1, -0.05) is 18.9 Å². The Labute approximate surface area is 116 Å². The zero-order chi connectivity index (χ0) is 14.5. The molecule has 0 radical (unpaired) electrons. The number of anilines is 1. The van der Waals surface area contributed by atoms with Crippen molar-refractivity contribution in [3.63, 3.8) is 0 Å². The number of amides is 2. The van der Waals surface area contributed by atoms with Gasteiger partial charge in [0.05, 0.1) is 17.1 Å². The number of aliphatic hydroxyl groups is 1. The molecular formula is C13H17N3O4. The van der Waals surface area contributed by atoms with Crippen LogP contribution in [0.5, 0.6) is 0 Å². The van der Waals surface area contributed by atoms with Gasteiger partial charge in [-0.25, -0.2) is 4.79 Å². The smallest absolute Gasteiger partial charge is 0.319 e. The van der Waals surface area contributed by atoms with Crippen molar-refractivity contribution in [2.24, 2.45) is 0 Å². The third-order valence-electron chi connectivity index (χ3n) is 3.36. The summed E-state index contributed by atoms with van der Waals surface area (Å²) in [7, 11) is 0. The van der Waals surface area contributed by atoms with E-state index >= 15 is 0 Å². The van der Waals surface area contributed by atoms with Crippen molar-refractivity contribution in [1.29, 1.82) is 0 Å². The first-order valence-corrected chi connectivity index (χ1v) is 6.56. The first kappa shape index (κ1) is 14.3. The largest absolute Gasteiger partial charge is 0.391 e. The number of aliphatic hydroxyl groups excluding tert-OH is 1. The van der Waals surface area contributed by atoms with E-state index in [0.29, 0.717) is 12.1 Å². The van der Waals surface area contributed by atoms with Gasteiger partial charge in [0.25, 0.3) is 5.69 Å². The zero-order valence-corrected chi connectivity index (χ0v) is 10.9. The highest BCUT2D eigenvalue weighted by molar-refractivity contribution is 5.89. The number of carbonyl (C=O) groups excluding carboxylic acids is 1. The van der Waals surface area contributed by atoms with E-state index in [0.717, 1.165) is 19.3 Å². The van der Waals surface area contributed by atoms with Gasteiger partial charge in [-0.05, 0) is 18.9 Å². The lowest BCUT2D eigenvalue weighted by Gasteiger charge is -2.28. The Hall–Kier alpha value is -2.15. The maximum absolute atomic E-state index is 11.8. The van der Waals surface area contributed by atoms with Gasteiger partial charge < -0.3 is 15.7 Å². The van der Waals surface area contributed by atoms with Crippen molar-refractivity contribution in [2.75, 3.05) is 5.32 Å². The summed E-state index contributed by atoms with van der Waals surface area (Å²) in [6.45, 7) is 0. The predicted octanol–water partition coefficient (Wildman–Crippen LogP) is 2.02. The number of urea groups is 1. The molecule has 1 aromatic carbocycles. The Balaban J connectivity index is 1.94. The van der Waals surface area contributed by atoms with E-state index in [2.05, 4.69) is 10.6 Å². The Morgan fingerprint density at radius 3 is 2.80 bits per heavy atom. The summed E-state index contributed by atoms with van der Waals surface area (Å²) < 4.78 is 0. The Morgan fingerprint density at radius 1 is 1.35 bits per heavy atom. The molecule has 7 heteroatoms. The fourth-order valence-corrected chi connectivity index (χ4v) is 2.31. The molecule has 1 fully saturated rings. The van der Waals surface area contributed by atoms with Crippen LogP contribution in [0.4, 0.5) is 16.2 Å². The summed E-state index contributed by atoms with van der Waals surface area (Å²) in [4.78, 5) is 21.9. The Bertz CT molecular complexity index is 506. The minimum absolute atomic E-state index is 0.0829. The second-order valence-corrected chi connectivity index (χ2v) is 4.86. The Kier molecular flexibility index (Phi) is 4.52. The van der Waals surface area contributed by atoms with Crippen LogP contribution in [-0.2, 0) is 0 Å². The van der Waals surface area contributed by atoms with Crippen LogP contribution in [0.15, 0.2) is 24.3 Å². The molecule has 0 bridgehead atoms. The summed E-state index contributed by atoms with van der Waals surface area (Å²) in [5.74, 6) is 0. The highest BCUT2D eigenvalue weighted by Crippen LogP contribution is 2.19. The molecule has 0 heterocycles. The van der Waals surface area contributed by atoms with Crippen LogP contribution in [-0.4, -0.2) is 28.2 Å². The summed E-state index contributed by atoms with van der Waals surface area (Å²) in [5.41, 5.74) is 0.266. The van der Waals surface area contributed by atoms with Crippen molar-refractivity contribution < 1.29 is 14.8 Å². The fraction of sp³-hybridized carbons (Fsp3) is 0.462. The molecule has 20 heavy (non-hydrogen) atoms. The number of rotatable bonds is 3. The lowest BCUT2D eigenvalue weighted by Crippen LogP contribution is -2.46. The first-order valence-electron chi connectivity index (χ1n) is 6.56. The second-order valence-electron chi connectivity index (χ2n) is 4.86. The molecule has 108 valence electrons. The van der Waals surface area contributed by atoms with Gasteiger partial charge in [-0.3, -0.25) is 10.1 Å². The van der Waals surface area contributed by atoms with Gasteiger partial charge in [-0.2, -0.15) is 0 Å². The molecule has 0 spiro atoms. The van der Waals surface area contributed by atoms with Gasteiger partial charge in [0.2, 0.25) is 0 Å².